The van der Waals surface area contributed by atoms with Gasteiger partial charge in [-0.3, -0.25) is 9.59 Å². The fourth-order valence-electron chi connectivity index (χ4n) is 5.99. The summed E-state index contributed by atoms with van der Waals surface area (Å²) in [6, 6.07) is 7.58. The molecular weight excluding hydrogens is 340 g/mol. The van der Waals surface area contributed by atoms with Crippen LogP contribution in [0.2, 0.25) is 0 Å². The fraction of sp³-hybridized carbons (Fsp3) is 0.636. The lowest BCUT2D eigenvalue weighted by atomic mass is 9.53. The number of rotatable bonds is 6. The van der Waals surface area contributed by atoms with Crippen LogP contribution in [0.1, 0.15) is 61.7 Å². The zero-order chi connectivity index (χ0) is 18.4. The Morgan fingerprint density at radius 1 is 1.00 bits per heavy atom. The third-order valence-electron chi connectivity index (χ3n) is 6.85. The zero-order valence-corrected chi connectivity index (χ0v) is 15.7. The first-order chi connectivity index (χ1) is 13.1. The summed E-state index contributed by atoms with van der Waals surface area (Å²) in [4.78, 5) is 25.0. The van der Waals surface area contributed by atoms with Crippen molar-refractivity contribution in [2.45, 2.75) is 62.9 Å². The summed E-state index contributed by atoms with van der Waals surface area (Å²) in [5, 5.41) is 6.30. The average molecular weight is 368 g/mol. The van der Waals surface area contributed by atoms with Gasteiger partial charge in [0.25, 0.3) is 11.8 Å². The highest BCUT2D eigenvalue weighted by atomic mass is 16.5. The Labute approximate surface area is 160 Å². The second-order valence-electron chi connectivity index (χ2n) is 9.28. The molecule has 0 atom stereocenters. The minimum atomic E-state index is -0.117. The first-order valence-electron chi connectivity index (χ1n) is 10.4. The topological polar surface area (TPSA) is 67.4 Å². The van der Waals surface area contributed by atoms with Crippen molar-refractivity contribution in [3.05, 3.63) is 29.8 Å². The largest absolute Gasteiger partial charge is 0.483 e. The van der Waals surface area contributed by atoms with Crippen LogP contribution >= 0.6 is 0 Å². The lowest BCUT2D eigenvalue weighted by Crippen LogP contribution is -2.59. The van der Waals surface area contributed by atoms with Crippen LogP contribution in [0.4, 0.5) is 0 Å². The summed E-state index contributed by atoms with van der Waals surface area (Å²) >= 11 is 0. The van der Waals surface area contributed by atoms with Crippen LogP contribution in [0.3, 0.4) is 0 Å². The van der Waals surface area contributed by atoms with Crippen LogP contribution in [0, 0.1) is 17.8 Å². The maximum absolute atomic E-state index is 13.1. The van der Waals surface area contributed by atoms with Crippen molar-refractivity contribution in [2.75, 3.05) is 6.61 Å². The lowest BCUT2D eigenvalue weighted by molar-refractivity contribution is -0.123. The third-order valence-corrected chi connectivity index (χ3v) is 6.85. The molecule has 0 unspecified atom stereocenters. The molecule has 6 rings (SSSR count). The number of hydrogen-bond acceptors (Lipinski definition) is 3. The van der Waals surface area contributed by atoms with E-state index in [-0.39, 0.29) is 24.0 Å². The molecule has 1 aromatic rings. The van der Waals surface area contributed by atoms with Crippen molar-refractivity contribution in [1.82, 2.24) is 10.6 Å². The van der Waals surface area contributed by atoms with Crippen molar-refractivity contribution in [2.24, 2.45) is 17.8 Å². The summed E-state index contributed by atoms with van der Waals surface area (Å²) < 4.78 is 5.70. The Balaban J connectivity index is 1.27. The van der Waals surface area contributed by atoms with E-state index >= 15 is 0 Å². The maximum atomic E-state index is 13.1. The Bertz CT molecular complexity index is 720. The SMILES string of the molecule is O=C(COc1ccccc1C(=O)NC12CC3CC(CC(C3)C1)C2)NC1CC1. The number of carbonyl (C=O) groups is 2. The molecule has 2 amide bonds. The summed E-state index contributed by atoms with van der Waals surface area (Å²) in [6.45, 7) is -0.0435. The van der Waals surface area contributed by atoms with E-state index in [2.05, 4.69) is 10.6 Å². The molecule has 5 aliphatic carbocycles. The fourth-order valence-corrected chi connectivity index (χ4v) is 5.99. The Morgan fingerprint density at radius 3 is 2.26 bits per heavy atom. The van der Waals surface area contributed by atoms with Gasteiger partial charge in [-0.1, -0.05) is 12.1 Å². The maximum Gasteiger partial charge on any atom is 0.258 e. The van der Waals surface area contributed by atoms with Gasteiger partial charge in [0.2, 0.25) is 0 Å². The molecule has 0 heterocycles. The van der Waals surface area contributed by atoms with Crippen LogP contribution in [-0.4, -0.2) is 30.0 Å². The number of amides is 2. The van der Waals surface area contributed by atoms with Crippen molar-refractivity contribution in [1.29, 1.82) is 0 Å². The van der Waals surface area contributed by atoms with Crippen LogP contribution in [0.15, 0.2) is 24.3 Å². The van der Waals surface area contributed by atoms with Gasteiger partial charge in [0.15, 0.2) is 6.61 Å². The van der Waals surface area contributed by atoms with Gasteiger partial charge in [0.1, 0.15) is 5.75 Å². The normalized spacial score (nSPS) is 33.6. The van der Waals surface area contributed by atoms with Crippen LogP contribution in [0.25, 0.3) is 0 Å². The van der Waals surface area contributed by atoms with Gasteiger partial charge >= 0.3 is 0 Å². The smallest absolute Gasteiger partial charge is 0.258 e. The number of carbonyl (C=O) groups excluding carboxylic acids is 2. The molecule has 5 saturated carbocycles. The number of hydrogen-bond donors (Lipinski definition) is 2. The summed E-state index contributed by atoms with van der Waals surface area (Å²) in [7, 11) is 0. The average Bonchev–Trinajstić information content (AvgIpc) is 3.42. The van der Waals surface area contributed by atoms with Gasteiger partial charge < -0.3 is 15.4 Å². The van der Waals surface area contributed by atoms with Gasteiger partial charge in [-0.2, -0.15) is 0 Å². The molecule has 1 aromatic carbocycles. The molecule has 5 aliphatic rings. The molecule has 2 N–H and O–H groups in total. The van der Waals surface area contributed by atoms with Gasteiger partial charge in [0, 0.05) is 11.6 Å². The van der Waals surface area contributed by atoms with E-state index in [1.807, 2.05) is 12.1 Å². The standard InChI is InChI=1S/C22H28N2O3/c25-20(23-17-5-6-17)13-27-19-4-2-1-3-18(19)21(26)24-22-10-14-7-15(11-22)9-16(8-14)12-22/h1-4,14-17H,5-13H2,(H,23,25)(H,24,26). The van der Waals surface area contributed by atoms with Gasteiger partial charge in [-0.25, -0.2) is 0 Å². The van der Waals surface area contributed by atoms with E-state index in [0.29, 0.717) is 17.4 Å². The Kier molecular flexibility index (Phi) is 4.14. The second kappa shape index (κ2) is 6.54. The van der Waals surface area contributed by atoms with Crippen molar-refractivity contribution in [3.8, 4) is 5.75 Å². The Hall–Kier alpha value is -2.04. The van der Waals surface area contributed by atoms with E-state index < -0.39 is 0 Å². The molecule has 0 spiro atoms. The van der Waals surface area contributed by atoms with Gasteiger partial charge in [0.05, 0.1) is 5.56 Å². The van der Waals surface area contributed by atoms with E-state index in [9.17, 15) is 9.59 Å². The molecule has 5 nitrogen and oxygen atoms in total. The Morgan fingerprint density at radius 2 is 1.63 bits per heavy atom. The first-order valence-corrected chi connectivity index (χ1v) is 10.4. The predicted molar refractivity (Wildman–Crippen MR) is 101 cm³/mol. The molecule has 144 valence electrons. The minimum absolute atomic E-state index is 0.0255. The highest BCUT2D eigenvalue weighted by molar-refractivity contribution is 5.97. The van der Waals surface area contributed by atoms with E-state index in [4.69, 9.17) is 4.74 Å². The van der Waals surface area contributed by atoms with Crippen molar-refractivity contribution < 1.29 is 14.3 Å². The molecule has 27 heavy (non-hydrogen) atoms. The van der Waals surface area contributed by atoms with E-state index in [1.165, 1.54) is 19.3 Å². The van der Waals surface area contributed by atoms with Crippen LogP contribution < -0.4 is 15.4 Å². The highest BCUT2D eigenvalue weighted by Gasteiger charge is 2.51. The van der Waals surface area contributed by atoms with E-state index in [1.54, 1.807) is 12.1 Å². The quantitative estimate of drug-likeness (QED) is 0.811. The molecule has 0 aromatic heterocycles. The van der Waals surface area contributed by atoms with E-state index in [0.717, 1.165) is 49.9 Å². The molecular formula is C22H28N2O3. The highest BCUT2D eigenvalue weighted by Crippen LogP contribution is 2.55. The number of ether oxygens (including phenoxy) is 1. The number of nitrogens with one attached hydrogen (secondary N) is 2. The molecule has 0 aliphatic heterocycles. The zero-order valence-electron chi connectivity index (χ0n) is 15.7. The molecule has 5 fully saturated rings. The number of benzene rings is 1. The molecule has 0 saturated heterocycles. The summed E-state index contributed by atoms with van der Waals surface area (Å²) in [5.74, 6) is 2.67. The second-order valence-corrected chi connectivity index (χ2v) is 9.28. The summed E-state index contributed by atoms with van der Waals surface area (Å²) in [5.41, 5.74) is 0.509. The minimum Gasteiger partial charge on any atom is -0.483 e. The van der Waals surface area contributed by atoms with Crippen LogP contribution in [-0.2, 0) is 4.79 Å². The molecule has 5 heteroatoms. The third kappa shape index (κ3) is 3.56. The van der Waals surface area contributed by atoms with Crippen molar-refractivity contribution >= 4 is 11.8 Å². The van der Waals surface area contributed by atoms with Crippen LogP contribution in [0.5, 0.6) is 5.75 Å². The molecule has 4 bridgehead atoms. The van der Waals surface area contributed by atoms with Gasteiger partial charge in [-0.15, -0.1) is 0 Å². The predicted octanol–water partition coefficient (Wildman–Crippen LogP) is 3.04. The van der Waals surface area contributed by atoms with Gasteiger partial charge in [-0.05, 0) is 81.3 Å². The summed E-state index contributed by atoms with van der Waals surface area (Å²) in [6.07, 6.45) is 9.53. The lowest BCUT2D eigenvalue weighted by Gasteiger charge is -2.56. The monoisotopic (exact) mass is 368 g/mol. The first kappa shape index (κ1) is 17.1. The number of para-hydroxylation sites is 1. The van der Waals surface area contributed by atoms with Crippen molar-refractivity contribution in [3.63, 3.8) is 0 Å². The molecule has 0 radical (unpaired) electrons.